The van der Waals surface area contributed by atoms with Crippen LogP contribution in [-0.2, 0) is 6.42 Å². The van der Waals surface area contributed by atoms with Crippen LogP contribution in [0.4, 0.5) is 0 Å². The number of amides is 1. The highest BCUT2D eigenvalue weighted by atomic mass is 16.5. The summed E-state index contributed by atoms with van der Waals surface area (Å²) >= 11 is 0. The Morgan fingerprint density at radius 3 is 2.37 bits per heavy atom. The standard InChI is InChI=1S/C25H28N2O3/c1-25(2)16-19-10-11-20(30-3)14-21(19)22(26-25)15-23(28)17-6-8-18(9-7-17)24(29)27-12-4-5-13-27/h6-11,14-15,26H,4-5,12-13,16H2,1-3H3. The third-order valence-electron chi connectivity index (χ3n) is 5.80. The number of ether oxygens (including phenoxy) is 1. The fourth-order valence-corrected chi connectivity index (χ4v) is 4.25. The monoisotopic (exact) mass is 404 g/mol. The molecule has 2 aliphatic heterocycles. The number of allylic oxidation sites excluding steroid dienone is 1. The number of fused-ring (bicyclic) bond motifs is 1. The molecule has 1 amide bonds. The highest BCUT2D eigenvalue weighted by Crippen LogP contribution is 2.32. The van der Waals surface area contributed by atoms with Crippen molar-refractivity contribution < 1.29 is 14.3 Å². The van der Waals surface area contributed by atoms with Gasteiger partial charge in [0, 0.05) is 47.1 Å². The highest BCUT2D eigenvalue weighted by molar-refractivity contribution is 6.09. The number of methoxy groups -OCH3 is 1. The average molecular weight is 405 g/mol. The van der Waals surface area contributed by atoms with Gasteiger partial charge in [0.1, 0.15) is 5.75 Å². The zero-order valence-corrected chi connectivity index (χ0v) is 17.8. The van der Waals surface area contributed by atoms with E-state index in [0.29, 0.717) is 11.1 Å². The van der Waals surface area contributed by atoms with Crippen LogP contribution >= 0.6 is 0 Å². The van der Waals surface area contributed by atoms with E-state index in [1.807, 2.05) is 17.0 Å². The molecule has 4 rings (SSSR count). The molecule has 0 aromatic heterocycles. The van der Waals surface area contributed by atoms with Gasteiger partial charge in [-0.2, -0.15) is 0 Å². The first-order chi connectivity index (χ1) is 14.4. The van der Waals surface area contributed by atoms with Crippen LogP contribution < -0.4 is 10.1 Å². The molecule has 30 heavy (non-hydrogen) atoms. The van der Waals surface area contributed by atoms with Gasteiger partial charge in [0.25, 0.3) is 5.91 Å². The maximum absolute atomic E-state index is 13.0. The van der Waals surface area contributed by atoms with E-state index in [4.69, 9.17) is 4.74 Å². The summed E-state index contributed by atoms with van der Waals surface area (Å²) in [6.45, 7) is 5.88. The van der Waals surface area contributed by atoms with Crippen LogP contribution in [0.3, 0.4) is 0 Å². The van der Waals surface area contributed by atoms with Gasteiger partial charge in [-0.3, -0.25) is 9.59 Å². The lowest BCUT2D eigenvalue weighted by Gasteiger charge is -2.35. The number of hydrogen-bond donors (Lipinski definition) is 1. The van der Waals surface area contributed by atoms with Crippen LogP contribution in [0.25, 0.3) is 5.70 Å². The number of nitrogens with zero attached hydrogens (tertiary/aromatic N) is 1. The molecule has 5 nitrogen and oxygen atoms in total. The van der Waals surface area contributed by atoms with E-state index < -0.39 is 0 Å². The third kappa shape index (κ3) is 4.11. The Labute approximate surface area is 177 Å². The molecule has 0 bridgehead atoms. The quantitative estimate of drug-likeness (QED) is 0.616. The summed E-state index contributed by atoms with van der Waals surface area (Å²) in [5.74, 6) is 0.712. The van der Waals surface area contributed by atoms with Crippen molar-refractivity contribution in [1.82, 2.24) is 10.2 Å². The summed E-state index contributed by atoms with van der Waals surface area (Å²) in [4.78, 5) is 27.4. The summed E-state index contributed by atoms with van der Waals surface area (Å²) in [6.07, 6.45) is 4.64. The van der Waals surface area contributed by atoms with Crippen LogP contribution in [-0.4, -0.2) is 42.3 Å². The van der Waals surface area contributed by atoms with Crippen LogP contribution in [0.15, 0.2) is 48.5 Å². The molecule has 1 N–H and O–H groups in total. The minimum absolute atomic E-state index is 0.0431. The normalized spacial score (nSPS) is 18.6. The molecule has 1 saturated heterocycles. The minimum Gasteiger partial charge on any atom is -0.497 e. The molecule has 2 aromatic carbocycles. The molecule has 0 spiro atoms. The maximum atomic E-state index is 13.0. The average Bonchev–Trinajstić information content (AvgIpc) is 3.27. The third-order valence-corrected chi connectivity index (χ3v) is 5.80. The Morgan fingerprint density at radius 2 is 1.70 bits per heavy atom. The summed E-state index contributed by atoms with van der Waals surface area (Å²) in [6, 6.07) is 13.0. The molecule has 2 heterocycles. The highest BCUT2D eigenvalue weighted by Gasteiger charge is 2.28. The molecule has 156 valence electrons. The Balaban J connectivity index is 1.60. The van der Waals surface area contributed by atoms with E-state index in [2.05, 4.69) is 25.2 Å². The lowest BCUT2D eigenvalue weighted by atomic mass is 9.85. The smallest absolute Gasteiger partial charge is 0.253 e. The second-order valence-electron chi connectivity index (χ2n) is 8.71. The summed E-state index contributed by atoms with van der Waals surface area (Å²) in [5.41, 5.74) is 4.01. The summed E-state index contributed by atoms with van der Waals surface area (Å²) in [7, 11) is 1.64. The molecule has 5 heteroatoms. The van der Waals surface area contributed by atoms with Crippen molar-refractivity contribution in [3.05, 3.63) is 70.8 Å². The number of carbonyl (C=O) groups excluding carboxylic acids is 2. The predicted octanol–water partition coefficient (Wildman–Crippen LogP) is 4.08. The zero-order valence-electron chi connectivity index (χ0n) is 17.8. The molecular formula is C25H28N2O3. The van der Waals surface area contributed by atoms with Crippen LogP contribution in [0.1, 0.15) is 58.5 Å². The Morgan fingerprint density at radius 1 is 1.03 bits per heavy atom. The predicted molar refractivity (Wildman–Crippen MR) is 118 cm³/mol. The Hall–Kier alpha value is -3.08. The molecule has 0 radical (unpaired) electrons. The Kier molecular flexibility index (Phi) is 5.37. The number of likely N-dealkylation sites (tertiary alicyclic amines) is 1. The molecule has 0 saturated carbocycles. The molecule has 2 aliphatic rings. The lowest BCUT2D eigenvalue weighted by molar-refractivity contribution is 0.0792. The van der Waals surface area contributed by atoms with Gasteiger partial charge in [0.2, 0.25) is 0 Å². The SMILES string of the molecule is COc1ccc2c(c1)C(=CC(=O)c1ccc(C(=O)N3CCCC3)cc1)NC(C)(C)C2. The molecule has 0 unspecified atom stereocenters. The van der Waals surface area contributed by atoms with Gasteiger partial charge in [0.15, 0.2) is 5.78 Å². The van der Waals surface area contributed by atoms with Crippen molar-refractivity contribution >= 4 is 17.4 Å². The van der Waals surface area contributed by atoms with Crippen LogP contribution in [0.2, 0.25) is 0 Å². The van der Waals surface area contributed by atoms with Crippen molar-refractivity contribution in [3.8, 4) is 5.75 Å². The number of benzene rings is 2. The van der Waals surface area contributed by atoms with E-state index in [-0.39, 0.29) is 17.2 Å². The molecule has 0 atom stereocenters. The van der Waals surface area contributed by atoms with E-state index in [1.54, 1.807) is 37.5 Å². The zero-order chi connectivity index (χ0) is 21.3. The second kappa shape index (κ2) is 7.98. The number of hydrogen-bond acceptors (Lipinski definition) is 4. The van der Waals surface area contributed by atoms with Gasteiger partial charge in [-0.05, 0) is 62.9 Å². The molecular weight excluding hydrogens is 376 g/mol. The first kappa shape index (κ1) is 20.2. The summed E-state index contributed by atoms with van der Waals surface area (Å²) < 4.78 is 5.37. The van der Waals surface area contributed by atoms with E-state index in [9.17, 15) is 9.59 Å². The van der Waals surface area contributed by atoms with Crippen molar-refractivity contribution in [2.45, 2.75) is 38.6 Å². The van der Waals surface area contributed by atoms with Crippen LogP contribution in [0, 0.1) is 0 Å². The number of carbonyl (C=O) groups is 2. The van der Waals surface area contributed by atoms with Crippen molar-refractivity contribution in [2.24, 2.45) is 0 Å². The van der Waals surface area contributed by atoms with Gasteiger partial charge >= 0.3 is 0 Å². The van der Waals surface area contributed by atoms with E-state index in [0.717, 1.165) is 49.4 Å². The van der Waals surface area contributed by atoms with E-state index >= 15 is 0 Å². The fraction of sp³-hybridized carbons (Fsp3) is 0.360. The molecule has 0 aliphatic carbocycles. The van der Waals surface area contributed by atoms with Gasteiger partial charge < -0.3 is 15.0 Å². The van der Waals surface area contributed by atoms with Crippen molar-refractivity contribution in [3.63, 3.8) is 0 Å². The topological polar surface area (TPSA) is 58.6 Å². The van der Waals surface area contributed by atoms with Gasteiger partial charge in [0.05, 0.1) is 7.11 Å². The van der Waals surface area contributed by atoms with Gasteiger partial charge in [-0.1, -0.05) is 18.2 Å². The second-order valence-corrected chi connectivity index (χ2v) is 8.71. The largest absolute Gasteiger partial charge is 0.497 e. The van der Waals surface area contributed by atoms with Gasteiger partial charge in [-0.15, -0.1) is 0 Å². The first-order valence-electron chi connectivity index (χ1n) is 10.5. The molecule has 2 aromatic rings. The lowest BCUT2D eigenvalue weighted by Crippen LogP contribution is -2.43. The van der Waals surface area contributed by atoms with Crippen LogP contribution in [0.5, 0.6) is 5.75 Å². The maximum Gasteiger partial charge on any atom is 0.253 e. The molecule has 1 fully saturated rings. The minimum atomic E-state index is -0.153. The number of rotatable bonds is 4. The summed E-state index contributed by atoms with van der Waals surface area (Å²) in [5, 5.41) is 3.49. The first-order valence-corrected chi connectivity index (χ1v) is 10.5. The number of nitrogens with one attached hydrogen (secondary N) is 1. The Bertz CT molecular complexity index is 1000. The fourth-order valence-electron chi connectivity index (χ4n) is 4.25. The number of ketones is 1. The van der Waals surface area contributed by atoms with Crippen molar-refractivity contribution in [1.29, 1.82) is 0 Å². The van der Waals surface area contributed by atoms with E-state index in [1.165, 1.54) is 5.56 Å². The van der Waals surface area contributed by atoms with Crippen molar-refractivity contribution in [2.75, 3.05) is 20.2 Å². The van der Waals surface area contributed by atoms with Gasteiger partial charge in [-0.25, -0.2) is 0 Å².